The molecule has 1 saturated carbocycles. The molecule has 2 heterocycles. The Morgan fingerprint density at radius 1 is 1.00 bits per heavy atom. The van der Waals surface area contributed by atoms with Crippen LogP contribution in [0.15, 0.2) is 24.3 Å². The fraction of sp³-hybridized carbons (Fsp3) is 0.538. The largest absolute Gasteiger partial charge is 0.224 e. The van der Waals surface area contributed by atoms with Crippen LogP contribution in [0.1, 0.15) is 31.4 Å². The molecule has 2 fully saturated rings. The Morgan fingerprint density at radius 3 is 1.93 bits per heavy atom. The topological polar surface area (TPSA) is 18.5 Å². The van der Waals surface area contributed by atoms with Gasteiger partial charge in [0.2, 0.25) is 0 Å². The molecule has 2 nitrogen and oxygen atoms in total. The number of hydrogen-bond donors (Lipinski definition) is 0. The van der Waals surface area contributed by atoms with E-state index >= 15 is 0 Å². The molecule has 5 rings (SSSR count). The number of hydrogen-bond acceptors (Lipinski definition) is 2. The molecule has 4 aliphatic rings. The van der Waals surface area contributed by atoms with E-state index in [-0.39, 0.29) is 11.2 Å². The molecule has 2 aliphatic heterocycles. The summed E-state index contributed by atoms with van der Waals surface area (Å²) in [6.07, 6.45) is 1.24. The lowest BCUT2D eigenvalue weighted by Gasteiger charge is -2.49. The van der Waals surface area contributed by atoms with Crippen molar-refractivity contribution in [3.05, 3.63) is 35.4 Å². The van der Waals surface area contributed by atoms with Crippen LogP contribution in [-0.2, 0) is 21.0 Å². The minimum Gasteiger partial charge on any atom is -0.224 e. The number of rotatable bonds is 0. The molecule has 2 heteroatoms. The Labute approximate surface area is 89.1 Å². The fourth-order valence-corrected chi connectivity index (χ4v) is 3.55. The summed E-state index contributed by atoms with van der Waals surface area (Å²) in [4.78, 5) is 11.3. The van der Waals surface area contributed by atoms with Crippen LogP contribution >= 0.6 is 0 Å². The standard InChI is InChI=1S/C13H14O2/c1-12-8-5-3-4-6-9(8)13(2,15-14-12)11-7-10(11)12/h3-6,10-11H,7H2,1-2H3. The first-order chi connectivity index (χ1) is 7.16. The van der Waals surface area contributed by atoms with Gasteiger partial charge < -0.3 is 0 Å². The molecule has 1 aromatic rings. The van der Waals surface area contributed by atoms with Crippen molar-refractivity contribution >= 4 is 0 Å². The highest BCUT2D eigenvalue weighted by Crippen LogP contribution is 2.69. The van der Waals surface area contributed by atoms with E-state index in [1.807, 2.05) is 0 Å². The summed E-state index contributed by atoms with van der Waals surface area (Å²) in [6.45, 7) is 4.32. The molecule has 2 bridgehead atoms. The van der Waals surface area contributed by atoms with Crippen LogP contribution in [-0.4, -0.2) is 0 Å². The van der Waals surface area contributed by atoms with E-state index in [0.717, 1.165) is 0 Å². The third-order valence-corrected chi connectivity index (χ3v) is 4.59. The van der Waals surface area contributed by atoms with Gasteiger partial charge in [0, 0.05) is 11.8 Å². The first kappa shape index (κ1) is 8.31. The van der Waals surface area contributed by atoms with Gasteiger partial charge in [0.05, 0.1) is 0 Å². The molecule has 0 spiro atoms. The van der Waals surface area contributed by atoms with E-state index in [9.17, 15) is 0 Å². The normalized spacial score (nSPS) is 49.7. The Bertz CT molecular complexity index is 415. The van der Waals surface area contributed by atoms with Gasteiger partial charge in [-0.15, -0.1) is 0 Å². The number of benzene rings is 1. The van der Waals surface area contributed by atoms with Crippen molar-refractivity contribution in [1.82, 2.24) is 0 Å². The van der Waals surface area contributed by atoms with Crippen LogP contribution in [0.5, 0.6) is 0 Å². The zero-order valence-corrected chi connectivity index (χ0v) is 8.99. The first-order valence-corrected chi connectivity index (χ1v) is 5.63. The number of fused-ring (bicyclic) bond motifs is 1. The highest BCUT2D eigenvalue weighted by molar-refractivity contribution is 5.44. The van der Waals surface area contributed by atoms with Crippen molar-refractivity contribution in [2.45, 2.75) is 31.5 Å². The van der Waals surface area contributed by atoms with Crippen molar-refractivity contribution in [2.75, 3.05) is 0 Å². The Kier molecular flexibility index (Phi) is 1.18. The van der Waals surface area contributed by atoms with Crippen molar-refractivity contribution in [2.24, 2.45) is 11.8 Å². The van der Waals surface area contributed by atoms with Gasteiger partial charge >= 0.3 is 0 Å². The second kappa shape index (κ2) is 2.13. The maximum atomic E-state index is 5.65. The second-order valence-electron chi connectivity index (χ2n) is 5.38. The molecule has 15 heavy (non-hydrogen) atoms. The summed E-state index contributed by atoms with van der Waals surface area (Å²) in [6, 6.07) is 8.55. The predicted molar refractivity (Wildman–Crippen MR) is 54.9 cm³/mol. The van der Waals surface area contributed by atoms with E-state index in [2.05, 4.69) is 38.1 Å². The third kappa shape index (κ3) is 0.734. The molecule has 4 atom stereocenters. The van der Waals surface area contributed by atoms with E-state index in [1.165, 1.54) is 17.5 Å². The molecule has 1 saturated heterocycles. The average molecular weight is 202 g/mol. The van der Waals surface area contributed by atoms with Crippen LogP contribution in [0.4, 0.5) is 0 Å². The minimum absolute atomic E-state index is 0.195. The summed E-state index contributed by atoms with van der Waals surface area (Å²) in [5, 5.41) is 0. The Balaban J connectivity index is 2.07. The maximum absolute atomic E-state index is 5.65. The van der Waals surface area contributed by atoms with Crippen LogP contribution in [0.3, 0.4) is 0 Å². The predicted octanol–water partition coefficient (Wildman–Crippen LogP) is 2.73. The van der Waals surface area contributed by atoms with E-state index in [4.69, 9.17) is 9.78 Å². The zero-order valence-electron chi connectivity index (χ0n) is 8.99. The maximum Gasteiger partial charge on any atom is 0.129 e. The van der Waals surface area contributed by atoms with E-state index in [0.29, 0.717) is 11.8 Å². The summed E-state index contributed by atoms with van der Waals surface area (Å²) in [5.41, 5.74) is 2.27. The Hall–Kier alpha value is -0.860. The fourth-order valence-electron chi connectivity index (χ4n) is 3.55. The summed E-state index contributed by atoms with van der Waals surface area (Å²) in [7, 11) is 0. The molecule has 1 aromatic carbocycles. The molecule has 0 N–H and O–H groups in total. The van der Waals surface area contributed by atoms with Crippen molar-refractivity contribution in [1.29, 1.82) is 0 Å². The van der Waals surface area contributed by atoms with Crippen LogP contribution < -0.4 is 0 Å². The van der Waals surface area contributed by atoms with Gasteiger partial charge in [-0.25, -0.2) is 9.78 Å². The van der Waals surface area contributed by atoms with Gasteiger partial charge in [-0.2, -0.15) is 0 Å². The highest BCUT2D eigenvalue weighted by Gasteiger charge is 2.70. The van der Waals surface area contributed by atoms with Gasteiger partial charge in [0.1, 0.15) is 11.2 Å². The molecular weight excluding hydrogens is 188 g/mol. The van der Waals surface area contributed by atoms with Gasteiger partial charge in [0.25, 0.3) is 0 Å². The molecule has 4 unspecified atom stereocenters. The highest BCUT2D eigenvalue weighted by atomic mass is 17.2. The van der Waals surface area contributed by atoms with Crippen molar-refractivity contribution in [3.63, 3.8) is 0 Å². The molecular formula is C13H14O2. The second-order valence-corrected chi connectivity index (χ2v) is 5.38. The molecule has 0 amide bonds. The molecule has 2 aliphatic carbocycles. The summed E-state index contributed by atoms with van der Waals surface area (Å²) < 4.78 is 0. The average Bonchev–Trinajstić information content (AvgIpc) is 3.05. The quantitative estimate of drug-likeness (QED) is 0.602. The monoisotopic (exact) mass is 202 g/mol. The Morgan fingerprint density at radius 2 is 1.47 bits per heavy atom. The lowest BCUT2D eigenvalue weighted by molar-refractivity contribution is -0.459. The van der Waals surface area contributed by atoms with Crippen LogP contribution in [0, 0.1) is 11.8 Å². The van der Waals surface area contributed by atoms with Crippen LogP contribution in [0.2, 0.25) is 0 Å². The van der Waals surface area contributed by atoms with Crippen molar-refractivity contribution < 1.29 is 9.78 Å². The van der Waals surface area contributed by atoms with Gasteiger partial charge in [-0.1, -0.05) is 24.3 Å². The van der Waals surface area contributed by atoms with Gasteiger partial charge in [0.15, 0.2) is 0 Å². The van der Waals surface area contributed by atoms with E-state index in [1.54, 1.807) is 0 Å². The first-order valence-electron chi connectivity index (χ1n) is 5.63. The van der Waals surface area contributed by atoms with E-state index < -0.39 is 0 Å². The lowest BCUT2D eigenvalue weighted by atomic mass is 9.72. The zero-order chi connectivity index (χ0) is 10.3. The van der Waals surface area contributed by atoms with Crippen LogP contribution in [0.25, 0.3) is 0 Å². The minimum atomic E-state index is -0.195. The lowest BCUT2D eigenvalue weighted by Crippen LogP contribution is -2.50. The van der Waals surface area contributed by atoms with Gasteiger partial charge in [-0.3, -0.25) is 0 Å². The summed E-state index contributed by atoms with van der Waals surface area (Å²) in [5.74, 6) is 1.32. The smallest absolute Gasteiger partial charge is 0.129 e. The molecule has 78 valence electrons. The third-order valence-electron chi connectivity index (χ3n) is 4.59. The molecule has 0 aromatic heterocycles. The van der Waals surface area contributed by atoms with Gasteiger partial charge in [-0.05, 0) is 31.4 Å². The SMILES string of the molecule is CC12OOC(C)(c3ccccc31)C1CC12. The summed E-state index contributed by atoms with van der Waals surface area (Å²) >= 11 is 0. The van der Waals surface area contributed by atoms with Crippen molar-refractivity contribution in [3.8, 4) is 0 Å². The molecule has 0 radical (unpaired) electrons.